The Morgan fingerprint density at radius 1 is 0.920 bits per heavy atom. The maximum Gasteiger partial charge on any atom is 0.0379 e. The average molecular weight is 327 g/mol. The van der Waals surface area contributed by atoms with Crippen LogP contribution in [0.5, 0.6) is 0 Å². The molecule has 0 saturated carbocycles. The molecule has 1 N–H and O–H groups in total. The Morgan fingerprint density at radius 3 is 2.36 bits per heavy atom. The fraction of sp³-hybridized carbons (Fsp3) is 0.167. The van der Waals surface area contributed by atoms with E-state index in [2.05, 4.69) is 75.1 Å². The Balaban J connectivity index is 1.91. The zero-order valence-electron chi connectivity index (χ0n) is 15.2. The minimum atomic E-state index is -0.153. The molecule has 0 amide bonds. The Labute approximate surface area is 150 Å². The monoisotopic (exact) mass is 327 g/mol. The van der Waals surface area contributed by atoms with Crippen molar-refractivity contribution in [1.29, 1.82) is 0 Å². The average Bonchev–Trinajstić information content (AvgIpc) is 2.62. The Bertz CT molecular complexity index is 917. The lowest BCUT2D eigenvalue weighted by Crippen LogP contribution is -2.20. The standard InChI is InChI=1S/C24H25N/c1-18-14-15-20-10-8-9-13-22(20)23(18)24(3,4)19(2)16-17-25-21-11-6-5-7-12-21/h5-17,25H,2H2,1,3-4H3. The summed E-state index contributed by atoms with van der Waals surface area (Å²) in [5.74, 6) is 0. The molecule has 0 atom stereocenters. The second kappa shape index (κ2) is 6.98. The Kier molecular flexibility index (Phi) is 4.76. The zero-order chi connectivity index (χ0) is 17.9. The van der Waals surface area contributed by atoms with E-state index in [-0.39, 0.29) is 5.41 Å². The van der Waals surface area contributed by atoms with E-state index < -0.39 is 0 Å². The van der Waals surface area contributed by atoms with Gasteiger partial charge in [-0.1, -0.05) is 75.0 Å². The summed E-state index contributed by atoms with van der Waals surface area (Å²) in [4.78, 5) is 0. The van der Waals surface area contributed by atoms with Crippen LogP contribution in [0.15, 0.2) is 91.2 Å². The van der Waals surface area contributed by atoms with Crippen molar-refractivity contribution in [2.24, 2.45) is 0 Å². The predicted molar refractivity (Wildman–Crippen MR) is 110 cm³/mol. The summed E-state index contributed by atoms with van der Waals surface area (Å²) in [7, 11) is 0. The topological polar surface area (TPSA) is 12.0 Å². The van der Waals surface area contributed by atoms with Gasteiger partial charge in [0.2, 0.25) is 0 Å². The number of aryl methyl sites for hydroxylation is 1. The highest BCUT2D eigenvalue weighted by Gasteiger charge is 2.26. The van der Waals surface area contributed by atoms with Gasteiger partial charge in [-0.15, -0.1) is 0 Å². The van der Waals surface area contributed by atoms with Gasteiger partial charge in [0.25, 0.3) is 0 Å². The van der Waals surface area contributed by atoms with Crippen molar-refractivity contribution in [1.82, 2.24) is 0 Å². The molecule has 1 nitrogen and oxygen atoms in total. The molecule has 1 heteroatoms. The smallest absolute Gasteiger partial charge is 0.0379 e. The van der Waals surface area contributed by atoms with Crippen LogP contribution in [0.2, 0.25) is 0 Å². The molecule has 0 fully saturated rings. The molecule has 0 aliphatic rings. The molecule has 25 heavy (non-hydrogen) atoms. The van der Waals surface area contributed by atoms with Crippen molar-refractivity contribution in [2.45, 2.75) is 26.2 Å². The molecule has 0 spiro atoms. The van der Waals surface area contributed by atoms with Crippen molar-refractivity contribution in [2.75, 3.05) is 5.32 Å². The maximum absolute atomic E-state index is 4.36. The predicted octanol–water partition coefficient (Wildman–Crippen LogP) is 6.61. The number of nitrogens with one attached hydrogen (secondary N) is 1. The van der Waals surface area contributed by atoms with E-state index in [1.807, 2.05) is 36.5 Å². The third-order valence-corrected chi connectivity index (χ3v) is 4.87. The highest BCUT2D eigenvalue weighted by molar-refractivity contribution is 5.88. The van der Waals surface area contributed by atoms with Crippen LogP contribution in [-0.4, -0.2) is 0 Å². The van der Waals surface area contributed by atoms with Gasteiger partial charge in [-0.05, 0) is 52.6 Å². The lowest BCUT2D eigenvalue weighted by Gasteiger charge is -2.30. The van der Waals surface area contributed by atoms with Gasteiger partial charge >= 0.3 is 0 Å². The van der Waals surface area contributed by atoms with Crippen molar-refractivity contribution < 1.29 is 0 Å². The lowest BCUT2D eigenvalue weighted by atomic mass is 9.74. The lowest BCUT2D eigenvalue weighted by molar-refractivity contribution is 0.643. The van der Waals surface area contributed by atoms with Crippen LogP contribution in [0.1, 0.15) is 25.0 Å². The fourth-order valence-corrected chi connectivity index (χ4v) is 3.35. The summed E-state index contributed by atoms with van der Waals surface area (Å²) >= 11 is 0. The van der Waals surface area contributed by atoms with Crippen molar-refractivity contribution in [3.63, 3.8) is 0 Å². The normalized spacial score (nSPS) is 11.8. The van der Waals surface area contributed by atoms with Crippen molar-refractivity contribution >= 4 is 16.5 Å². The van der Waals surface area contributed by atoms with Crippen molar-refractivity contribution in [3.05, 3.63) is 102 Å². The molecule has 0 radical (unpaired) electrons. The molecule has 0 aromatic heterocycles. The number of para-hydroxylation sites is 1. The number of allylic oxidation sites excluding steroid dienone is 2. The molecular formula is C24H25N. The van der Waals surface area contributed by atoms with Crippen LogP contribution >= 0.6 is 0 Å². The van der Waals surface area contributed by atoms with Gasteiger partial charge in [0, 0.05) is 17.3 Å². The van der Waals surface area contributed by atoms with E-state index in [0.717, 1.165) is 11.3 Å². The quantitative estimate of drug-likeness (QED) is 0.520. The first-order chi connectivity index (χ1) is 12.0. The van der Waals surface area contributed by atoms with E-state index in [9.17, 15) is 0 Å². The minimum Gasteiger partial charge on any atom is -0.362 e. The summed E-state index contributed by atoms with van der Waals surface area (Å²) in [6.45, 7) is 11.0. The molecule has 0 aliphatic carbocycles. The van der Waals surface area contributed by atoms with Gasteiger partial charge in [0.15, 0.2) is 0 Å². The molecule has 3 rings (SSSR count). The van der Waals surface area contributed by atoms with Crippen LogP contribution in [0.4, 0.5) is 5.69 Å². The number of benzene rings is 3. The van der Waals surface area contributed by atoms with E-state index in [1.165, 1.54) is 21.9 Å². The molecule has 0 saturated heterocycles. The van der Waals surface area contributed by atoms with Gasteiger partial charge in [0.05, 0.1) is 0 Å². The number of rotatable bonds is 5. The van der Waals surface area contributed by atoms with Gasteiger partial charge in [-0.2, -0.15) is 0 Å². The second-order valence-electron chi connectivity index (χ2n) is 6.97. The van der Waals surface area contributed by atoms with E-state index >= 15 is 0 Å². The van der Waals surface area contributed by atoms with Crippen LogP contribution in [0.3, 0.4) is 0 Å². The number of hydrogen-bond donors (Lipinski definition) is 1. The maximum atomic E-state index is 4.36. The van der Waals surface area contributed by atoms with Crippen LogP contribution < -0.4 is 5.32 Å². The highest BCUT2D eigenvalue weighted by Crippen LogP contribution is 2.38. The van der Waals surface area contributed by atoms with E-state index in [4.69, 9.17) is 0 Å². The number of anilines is 1. The van der Waals surface area contributed by atoms with Gasteiger partial charge in [-0.3, -0.25) is 0 Å². The summed E-state index contributed by atoms with van der Waals surface area (Å²) in [5, 5.41) is 5.89. The first-order valence-corrected chi connectivity index (χ1v) is 8.66. The second-order valence-corrected chi connectivity index (χ2v) is 6.97. The van der Waals surface area contributed by atoms with Crippen molar-refractivity contribution in [3.8, 4) is 0 Å². The van der Waals surface area contributed by atoms with Crippen LogP contribution in [0.25, 0.3) is 10.8 Å². The zero-order valence-corrected chi connectivity index (χ0v) is 15.2. The summed E-state index contributed by atoms with van der Waals surface area (Å²) in [6, 6.07) is 23.1. The third-order valence-electron chi connectivity index (χ3n) is 4.87. The van der Waals surface area contributed by atoms with Gasteiger partial charge < -0.3 is 5.32 Å². The summed E-state index contributed by atoms with van der Waals surface area (Å²) < 4.78 is 0. The SMILES string of the molecule is C=C(C=CNc1ccccc1)C(C)(C)c1c(C)ccc2ccccc12. The summed E-state index contributed by atoms with van der Waals surface area (Å²) in [6.07, 6.45) is 4.05. The van der Waals surface area contributed by atoms with Gasteiger partial charge in [-0.25, -0.2) is 0 Å². The Hall–Kier alpha value is -2.80. The Morgan fingerprint density at radius 2 is 1.60 bits per heavy atom. The number of hydrogen-bond acceptors (Lipinski definition) is 1. The molecule has 0 unspecified atom stereocenters. The molecule has 0 aliphatic heterocycles. The number of fused-ring (bicyclic) bond motifs is 1. The van der Waals surface area contributed by atoms with Gasteiger partial charge in [0.1, 0.15) is 0 Å². The first-order valence-electron chi connectivity index (χ1n) is 8.66. The fourth-order valence-electron chi connectivity index (χ4n) is 3.35. The van der Waals surface area contributed by atoms with E-state index in [1.54, 1.807) is 0 Å². The molecular weight excluding hydrogens is 302 g/mol. The third kappa shape index (κ3) is 3.51. The molecule has 3 aromatic carbocycles. The highest BCUT2D eigenvalue weighted by atomic mass is 14.8. The summed E-state index contributed by atoms with van der Waals surface area (Å²) in [5.41, 5.74) is 4.65. The van der Waals surface area contributed by atoms with Crippen LogP contribution in [0, 0.1) is 6.92 Å². The van der Waals surface area contributed by atoms with Crippen LogP contribution in [-0.2, 0) is 5.41 Å². The largest absolute Gasteiger partial charge is 0.362 e. The molecule has 3 aromatic rings. The molecule has 126 valence electrons. The van der Waals surface area contributed by atoms with E-state index in [0.29, 0.717) is 0 Å². The minimum absolute atomic E-state index is 0.153. The molecule has 0 heterocycles. The first kappa shape index (κ1) is 17.0. The molecule has 0 bridgehead atoms.